The number of carbonyl (C=O) groups excluding carboxylic acids is 1. The minimum absolute atomic E-state index is 0.0152. The molecular weight excluding hydrogens is 226 g/mol. The van der Waals surface area contributed by atoms with E-state index in [0.717, 1.165) is 5.56 Å². The van der Waals surface area contributed by atoms with Crippen molar-refractivity contribution < 1.29 is 9.90 Å². The van der Waals surface area contributed by atoms with Crippen molar-refractivity contribution in [3.05, 3.63) is 65.7 Å². The number of anilines is 1. The third kappa shape index (κ3) is 2.77. The van der Waals surface area contributed by atoms with Gasteiger partial charge in [-0.15, -0.1) is 0 Å². The second-order valence-electron chi connectivity index (χ2n) is 3.88. The maximum atomic E-state index is 11.9. The van der Waals surface area contributed by atoms with Gasteiger partial charge in [0.25, 0.3) is 0 Å². The van der Waals surface area contributed by atoms with Crippen molar-refractivity contribution in [2.75, 3.05) is 5.73 Å². The van der Waals surface area contributed by atoms with E-state index >= 15 is 0 Å². The number of benzene rings is 2. The lowest BCUT2D eigenvalue weighted by Gasteiger charge is -2.00. The Hall–Kier alpha value is -2.55. The minimum Gasteiger partial charge on any atom is -0.506 e. The first-order chi connectivity index (χ1) is 8.66. The van der Waals surface area contributed by atoms with Crippen molar-refractivity contribution in [1.82, 2.24) is 0 Å². The van der Waals surface area contributed by atoms with Gasteiger partial charge in [0.15, 0.2) is 5.78 Å². The molecule has 0 radical (unpaired) electrons. The van der Waals surface area contributed by atoms with Crippen LogP contribution in [0.5, 0.6) is 5.75 Å². The second-order valence-corrected chi connectivity index (χ2v) is 3.88. The molecule has 18 heavy (non-hydrogen) atoms. The van der Waals surface area contributed by atoms with Crippen molar-refractivity contribution in [1.29, 1.82) is 0 Å². The van der Waals surface area contributed by atoms with Gasteiger partial charge in [-0.05, 0) is 29.8 Å². The highest BCUT2D eigenvalue weighted by atomic mass is 16.3. The van der Waals surface area contributed by atoms with E-state index in [1.165, 1.54) is 18.2 Å². The molecule has 2 rings (SSSR count). The van der Waals surface area contributed by atoms with E-state index in [0.29, 0.717) is 5.56 Å². The van der Waals surface area contributed by atoms with E-state index < -0.39 is 0 Å². The maximum Gasteiger partial charge on any atom is 0.185 e. The number of hydrogen-bond donors (Lipinski definition) is 2. The smallest absolute Gasteiger partial charge is 0.185 e. The van der Waals surface area contributed by atoms with Gasteiger partial charge in [0.1, 0.15) is 5.75 Å². The Labute approximate surface area is 105 Å². The van der Waals surface area contributed by atoms with E-state index in [1.807, 2.05) is 30.3 Å². The molecule has 0 saturated carbocycles. The molecule has 0 aliphatic heterocycles. The van der Waals surface area contributed by atoms with Crippen LogP contribution in [0.15, 0.2) is 54.6 Å². The highest BCUT2D eigenvalue weighted by Crippen LogP contribution is 2.20. The number of allylic oxidation sites excluding steroid dienone is 1. The van der Waals surface area contributed by atoms with Crippen LogP contribution < -0.4 is 5.73 Å². The van der Waals surface area contributed by atoms with Crippen LogP contribution >= 0.6 is 0 Å². The fourth-order valence-corrected chi connectivity index (χ4v) is 1.54. The van der Waals surface area contributed by atoms with E-state index in [4.69, 9.17) is 5.73 Å². The summed E-state index contributed by atoms with van der Waals surface area (Å²) in [4.78, 5) is 11.9. The average molecular weight is 239 g/mol. The Morgan fingerprint density at radius 1 is 1.11 bits per heavy atom. The van der Waals surface area contributed by atoms with Gasteiger partial charge < -0.3 is 10.8 Å². The molecule has 0 aliphatic carbocycles. The molecule has 0 saturated heterocycles. The van der Waals surface area contributed by atoms with Crippen LogP contribution in [0.1, 0.15) is 15.9 Å². The van der Waals surface area contributed by atoms with Crippen molar-refractivity contribution in [2.24, 2.45) is 0 Å². The van der Waals surface area contributed by atoms with Crippen LogP contribution in [-0.4, -0.2) is 10.9 Å². The summed E-state index contributed by atoms with van der Waals surface area (Å²) < 4.78 is 0. The van der Waals surface area contributed by atoms with Crippen LogP contribution in [0.3, 0.4) is 0 Å². The molecule has 90 valence electrons. The Kier molecular flexibility index (Phi) is 3.44. The monoisotopic (exact) mass is 239 g/mol. The zero-order valence-corrected chi connectivity index (χ0v) is 9.71. The number of phenols is 1. The van der Waals surface area contributed by atoms with Crippen molar-refractivity contribution in [3.63, 3.8) is 0 Å². The molecule has 0 amide bonds. The van der Waals surface area contributed by atoms with Gasteiger partial charge in [-0.1, -0.05) is 36.4 Å². The fraction of sp³-hybridized carbons (Fsp3) is 0. The maximum absolute atomic E-state index is 11.9. The molecule has 3 N–H and O–H groups in total. The quantitative estimate of drug-likeness (QED) is 0.374. The lowest BCUT2D eigenvalue weighted by Crippen LogP contribution is -1.96. The van der Waals surface area contributed by atoms with Crippen LogP contribution in [-0.2, 0) is 0 Å². The van der Waals surface area contributed by atoms with E-state index in [1.54, 1.807) is 12.1 Å². The Balaban J connectivity index is 2.17. The number of aromatic hydroxyl groups is 1. The first kappa shape index (κ1) is 11.9. The highest BCUT2D eigenvalue weighted by Gasteiger charge is 2.04. The molecule has 0 aliphatic rings. The zero-order chi connectivity index (χ0) is 13.0. The standard InChI is InChI=1S/C15H13NO2/c16-13-10-12(7-9-15(13)18)14(17)8-6-11-4-2-1-3-5-11/h1-10,18H,16H2. The van der Waals surface area contributed by atoms with E-state index in [-0.39, 0.29) is 17.2 Å². The number of phenolic OH excluding ortho intramolecular Hbond substituents is 1. The van der Waals surface area contributed by atoms with Crippen LogP contribution in [0, 0.1) is 0 Å². The first-order valence-electron chi connectivity index (χ1n) is 5.53. The van der Waals surface area contributed by atoms with Gasteiger partial charge in [0.05, 0.1) is 5.69 Å². The predicted octanol–water partition coefficient (Wildman–Crippen LogP) is 2.87. The summed E-state index contributed by atoms with van der Waals surface area (Å²) in [6, 6.07) is 14.0. The summed E-state index contributed by atoms with van der Waals surface area (Å²) >= 11 is 0. The molecular formula is C15H13NO2. The summed E-state index contributed by atoms with van der Waals surface area (Å²) in [6.07, 6.45) is 3.23. The first-order valence-corrected chi connectivity index (χ1v) is 5.53. The highest BCUT2D eigenvalue weighted by molar-refractivity contribution is 6.07. The summed E-state index contributed by atoms with van der Waals surface area (Å²) in [5, 5.41) is 9.28. The van der Waals surface area contributed by atoms with Crippen LogP contribution in [0.2, 0.25) is 0 Å². The molecule has 3 nitrogen and oxygen atoms in total. The van der Waals surface area contributed by atoms with Crippen LogP contribution in [0.25, 0.3) is 6.08 Å². The summed E-state index contributed by atoms with van der Waals surface area (Å²) in [5.74, 6) is -0.163. The SMILES string of the molecule is Nc1cc(C(=O)C=Cc2ccccc2)ccc1O. The van der Waals surface area contributed by atoms with Crippen molar-refractivity contribution in [2.45, 2.75) is 0 Å². The molecule has 0 fully saturated rings. The largest absolute Gasteiger partial charge is 0.506 e. The molecule has 0 bridgehead atoms. The Bertz CT molecular complexity index is 589. The molecule has 0 aromatic heterocycles. The zero-order valence-electron chi connectivity index (χ0n) is 9.71. The number of hydrogen-bond acceptors (Lipinski definition) is 3. The van der Waals surface area contributed by atoms with Gasteiger partial charge in [0.2, 0.25) is 0 Å². The predicted molar refractivity (Wildman–Crippen MR) is 72.3 cm³/mol. The molecule has 0 spiro atoms. The van der Waals surface area contributed by atoms with Gasteiger partial charge in [0, 0.05) is 5.56 Å². The molecule has 0 unspecified atom stereocenters. The van der Waals surface area contributed by atoms with Gasteiger partial charge in [-0.25, -0.2) is 0 Å². The fourth-order valence-electron chi connectivity index (χ4n) is 1.54. The lowest BCUT2D eigenvalue weighted by molar-refractivity contribution is 0.104. The lowest BCUT2D eigenvalue weighted by atomic mass is 10.1. The molecule has 0 atom stereocenters. The summed E-state index contributed by atoms with van der Waals surface area (Å²) in [6.45, 7) is 0. The molecule has 3 heteroatoms. The van der Waals surface area contributed by atoms with Crippen LogP contribution in [0.4, 0.5) is 5.69 Å². The summed E-state index contributed by atoms with van der Waals surface area (Å²) in [7, 11) is 0. The topological polar surface area (TPSA) is 63.3 Å². The molecule has 0 heterocycles. The molecule has 2 aromatic rings. The Morgan fingerprint density at radius 3 is 2.50 bits per heavy atom. The third-order valence-corrected chi connectivity index (χ3v) is 2.54. The van der Waals surface area contributed by atoms with Gasteiger partial charge >= 0.3 is 0 Å². The van der Waals surface area contributed by atoms with Gasteiger partial charge in [-0.3, -0.25) is 4.79 Å². The third-order valence-electron chi connectivity index (χ3n) is 2.54. The second kappa shape index (κ2) is 5.19. The number of carbonyl (C=O) groups is 1. The van der Waals surface area contributed by atoms with E-state index in [2.05, 4.69) is 0 Å². The number of nitrogen functional groups attached to an aromatic ring is 1. The molecule has 2 aromatic carbocycles. The number of nitrogens with two attached hydrogens (primary N) is 1. The van der Waals surface area contributed by atoms with Crippen molar-refractivity contribution >= 4 is 17.5 Å². The normalized spacial score (nSPS) is 10.7. The average Bonchev–Trinajstić information content (AvgIpc) is 2.40. The van der Waals surface area contributed by atoms with Gasteiger partial charge in [-0.2, -0.15) is 0 Å². The van der Waals surface area contributed by atoms with Crippen molar-refractivity contribution in [3.8, 4) is 5.75 Å². The number of rotatable bonds is 3. The Morgan fingerprint density at radius 2 is 1.83 bits per heavy atom. The summed E-state index contributed by atoms with van der Waals surface area (Å²) in [5.41, 5.74) is 7.15. The van der Waals surface area contributed by atoms with E-state index in [9.17, 15) is 9.90 Å². The number of ketones is 1. The minimum atomic E-state index is -0.148.